The van der Waals surface area contributed by atoms with E-state index in [0.29, 0.717) is 5.88 Å². The zero-order chi connectivity index (χ0) is 18.1. The summed E-state index contributed by atoms with van der Waals surface area (Å²) in [7, 11) is 0. The Morgan fingerprint density at radius 1 is 0.556 bits per heavy atom. The molecule has 0 unspecified atom stereocenters. The lowest BCUT2D eigenvalue weighted by Crippen LogP contribution is -1.94. The maximum atomic E-state index is 6.24. The third kappa shape index (κ3) is 2.70. The molecular weight excluding hydrogens is 332 g/mol. The summed E-state index contributed by atoms with van der Waals surface area (Å²) in [5.74, 6) is 1.35. The first-order valence-corrected chi connectivity index (χ1v) is 8.85. The molecule has 3 heteroatoms. The Labute approximate surface area is 156 Å². The van der Waals surface area contributed by atoms with Crippen molar-refractivity contribution in [3.8, 4) is 22.8 Å². The highest BCUT2D eigenvalue weighted by atomic mass is 16.5. The molecule has 0 aliphatic heterocycles. The number of hydrogen-bond donors (Lipinski definition) is 0. The summed E-state index contributed by atoms with van der Waals surface area (Å²) < 4.78 is 6.24. The molecule has 0 radical (unpaired) electrons. The summed E-state index contributed by atoms with van der Waals surface area (Å²) in [6, 6.07) is 28.3. The van der Waals surface area contributed by atoms with Gasteiger partial charge in [0, 0.05) is 34.8 Å². The van der Waals surface area contributed by atoms with Gasteiger partial charge < -0.3 is 4.74 Å². The van der Waals surface area contributed by atoms with E-state index in [1.807, 2.05) is 48.7 Å². The highest BCUT2D eigenvalue weighted by Crippen LogP contribution is 2.43. The van der Waals surface area contributed by atoms with Gasteiger partial charge in [0.15, 0.2) is 0 Å². The molecule has 0 aliphatic carbocycles. The van der Waals surface area contributed by atoms with Crippen molar-refractivity contribution >= 4 is 21.7 Å². The largest absolute Gasteiger partial charge is 0.438 e. The van der Waals surface area contributed by atoms with Crippen molar-refractivity contribution < 1.29 is 4.74 Å². The zero-order valence-electron chi connectivity index (χ0n) is 14.5. The normalized spacial score (nSPS) is 11.0. The van der Waals surface area contributed by atoms with Crippen LogP contribution in [0.2, 0.25) is 0 Å². The number of pyridine rings is 2. The van der Waals surface area contributed by atoms with Crippen molar-refractivity contribution in [2.75, 3.05) is 0 Å². The summed E-state index contributed by atoms with van der Waals surface area (Å²) in [6.07, 6.45) is 3.56. The van der Waals surface area contributed by atoms with E-state index in [2.05, 4.69) is 47.4 Å². The topological polar surface area (TPSA) is 35.0 Å². The van der Waals surface area contributed by atoms with Gasteiger partial charge in [-0.25, -0.2) is 4.98 Å². The lowest BCUT2D eigenvalue weighted by atomic mass is 9.94. The van der Waals surface area contributed by atoms with Crippen LogP contribution in [-0.2, 0) is 0 Å². The van der Waals surface area contributed by atoms with Crippen LogP contribution in [0.5, 0.6) is 11.6 Å². The maximum absolute atomic E-state index is 6.24. The first-order valence-electron chi connectivity index (χ1n) is 8.85. The van der Waals surface area contributed by atoms with Gasteiger partial charge in [0.25, 0.3) is 0 Å². The van der Waals surface area contributed by atoms with Crippen molar-refractivity contribution in [2.24, 2.45) is 0 Å². The molecule has 128 valence electrons. The van der Waals surface area contributed by atoms with Gasteiger partial charge in [-0.15, -0.1) is 0 Å². The minimum absolute atomic E-state index is 0.570. The predicted molar refractivity (Wildman–Crippen MR) is 109 cm³/mol. The third-order valence-corrected chi connectivity index (χ3v) is 4.64. The molecule has 2 heterocycles. The second-order valence-electron chi connectivity index (χ2n) is 6.29. The van der Waals surface area contributed by atoms with Crippen LogP contribution in [0, 0.1) is 0 Å². The van der Waals surface area contributed by atoms with Crippen molar-refractivity contribution in [2.45, 2.75) is 0 Å². The maximum Gasteiger partial charge on any atom is 0.219 e. The molecule has 5 aromatic rings. The fraction of sp³-hybridized carbons (Fsp3) is 0. The highest BCUT2D eigenvalue weighted by molar-refractivity contribution is 6.15. The molecule has 0 spiro atoms. The van der Waals surface area contributed by atoms with Gasteiger partial charge in [-0.3, -0.25) is 4.98 Å². The molecule has 3 nitrogen and oxygen atoms in total. The van der Waals surface area contributed by atoms with Crippen LogP contribution < -0.4 is 4.74 Å². The lowest BCUT2D eigenvalue weighted by molar-refractivity contribution is 0.473. The molecule has 0 atom stereocenters. The molecule has 27 heavy (non-hydrogen) atoms. The van der Waals surface area contributed by atoms with Crippen LogP contribution in [-0.4, -0.2) is 9.97 Å². The van der Waals surface area contributed by atoms with Gasteiger partial charge in [-0.05, 0) is 29.1 Å². The molecule has 0 aliphatic rings. The summed E-state index contributed by atoms with van der Waals surface area (Å²) >= 11 is 0. The van der Waals surface area contributed by atoms with E-state index >= 15 is 0 Å². The molecule has 0 amide bonds. The highest BCUT2D eigenvalue weighted by Gasteiger charge is 2.17. The second-order valence-corrected chi connectivity index (χ2v) is 6.29. The van der Waals surface area contributed by atoms with Gasteiger partial charge in [0.1, 0.15) is 5.75 Å². The van der Waals surface area contributed by atoms with Crippen LogP contribution in [0.3, 0.4) is 0 Å². The van der Waals surface area contributed by atoms with Crippen LogP contribution in [0.15, 0.2) is 97.3 Å². The van der Waals surface area contributed by atoms with Crippen LogP contribution in [0.4, 0.5) is 0 Å². The SMILES string of the molecule is c1ccc(-c2c3ccccc3c(Oc3ccccn3)c3cccnc23)cc1. The molecule has 0 saturated heterocycles. The van der Waals surface area contributed by atoms with Crippen molar-refractivity contribution in [3.05, 3.63) is 97.3 Å². The number of nitrogens with zero attached hydrogens (tertiary/aromatic N) is 2. The minimum atomic E-state index is 0.570. The van der Waals surface area contributed by atoms with Gasteiger partial charge in [0.05, 0.1) is 5.52 Å². The van der Waals surface area contributed by atoms with Gasteiger partial charge >= 0.3 is 0 Å². The Morgan fingerprint density at radius 3 is 2.07 bits per heavy atom. The molecule has 0 N–H and O–H groups in total. The summed E-state index contributed by atoms with van der Waals surface area (Å²) in [6.45, 7) is 0. The monoisotopic (exact) mass is 348 g/mol. The summed E-state index contributed by atoms with van der Waals surface area (Å²) in [4.78, 5) is 9.04. The molecular formula is C24H16N2O. The van der Waals surface area contributed by atoms with E-state index in [1.54, 1.807) is 6.20 Å². The lowest BCUT2D eigenvalue weighted by Gasteiger charge is -2.16. The standard InChI is InChI=1S/C24H16N2O/c1-2-9-17(10-3-1)22-18-11-4-5-12-19(18)24(20-13-8-16-26-23(20)22)27-21-14-6-7-15-25-21/h1-16H. The van der Waals surface area contributed by atoms with E-state index in [4.69, 9.17) is 9.72 Å². The Morgan fingerprint density at radius 2 is 1.26 bits per heavy atom. The van der Waals surface area contributed by atoms with Crippen LogP contribution in [0.25, 0.3) is 32.8 Å². The number of benzene rings is 3. The summed E-state index contributed by atoms with van der Waals surface area (Å²) in [5.41, 5.74) is 3.19. The number of hydrogen-bond acceptors (Lipinski definition) is 3. The first kappa shape index (κ1) is 15.5. The third-order valence-electron chi connectivity index (χ3n) is 4.64. The molecule has 5 rings (SSSR count). The fourth-order valence-corrected chi connectivity index (χ4v) is 3.48. The number of ether oxygens (including phenoxy) is 1. The van der Waals surface area contributed by atoms with Crippen molar-refractivity contribution in [1.29, 1.82) is 0 Å². The van der Waals surface area contributed by atoms with E-state index < -0.39 is 0 Å². The van der Waals surface area contributed by atoms with Gasteiger partial charge in [-0.1, -0.05) is 60.7 Å². The fourth-order valence-electron chi connectivity index (χ4n) is 3.48. The molecule has 0 saturated carbocycles. The molecule has 0 bridgehead atoms. The average Bonchev–Trinajstić information content (AvgIpc) is 2.75. The zero-order valence-corrected chi connectivity index (χ0v) is 14.5. The van der Waals surface area contributed by atoms with Crippen molar-refractivity contribution in [1.82, 2.24) is 9.97 Å². The smallest absolute Gasteiger partial charge is 0.219 e. The Bertz CT molecular complexity index is 1180. The van der Waals surface area contributed by atoms with E-state index in [0.717, 1.165) is 38.6 Å². The molecule has 0 fully saturated rings. The van der Waals surface area contributed by atoms with Crippen LogP contribution >= 0.6 is 0 Å². The molecule has 3 aromatic carbocycles. The Hall–Kier alpha value is -3.72. The van der Waals surface area contributed by atoms with E-state index in [-0.39, 0.29) is 0 Å². The first-order chi connectivity index (χ1) is 13.4. The Kier molecular flexibility index (Phi) is 3.76. The van der Waals surface area contributed by atoms with Crippen LogP contribution in [0.1, 0.15) is 0 Å². The van der Waals surface area contributed by atoms with E-state index in [9.17, 15) is 0 Å². The number of aromatic nitrogens is 2. The minimum Gasteiger partial charge on any atom is -0.438 e. The summed E-state index contributed by atoms with van der Waals surface area (Å²) in [5, 5.41) is 3.13. The average molecular weight is 348 g/mol. The van der Waals surface area contributed by atoms with Crippen molar-refractivity contribution in [3.63, 3.8) is 0 Å². The number of fused-ring (bicyclic) bond motifs is 2. The van der Waals surface area contributed by atoms with E-state index in [1.165, 1.54) is 0 Å². The van der Waals surface area contributed by atoms with Gasteiger partial charge in [-0.2, -0.15) is 0 Å². The predicted octanol–water partition coefficient (Wildman–Crippen LogP) is 6.24. The quantitative estimate of drug-likeness (QED) is 0.362. The Balaban J connectivity index is 1.89. The van der Waals surface area contributed by atoms with Gasteiger partial charge in [0.2, 0.25) is 5.88 Å². The molecule has 2 aromatic heterocycles. The number of rotatable bonds is 3. The second kappa shape index (κ2) is 6.54.